The van der Waals surface area contributed by atoms with Crippen LogP contribution in [0.3, 0.4) is 0 Å². The van der Waals surface area contributed by atoms with Crippen molar-refractivity contribution in [1.82, 2.24) is 0 Å². The van der Waals surface area contributed by atoms with Gasteiger partial charge in [-0.05, 0) is 31.4 Å². The fourth-order valence-corrected chi connectivity index (χ4v) is 1.34. The van der Waals surface area contributed by atoms with E-state index >= 15 is 0 Å². The van der Waals surface area contributed by atoms with Crippen molar-refractivity contribution in [2.24, 2.45) is 0 Å². The van der Waals surface area contributed by atoms with E-state index in [-0.39, 0.29) is 17.9 Å². The van der Waals surface area contributed by atoms with E-state index in [4.69, 9.17) is 9.84 Å². The maximum Gasteiger partial charge on any atom is 0.165 e. The van der Waals surface area contributed by atoms with E-state index in [0.29, 0.717) is 19.3 Å². The molecule has 88 valence electrons. The van der Waals surface area contributed by atoms with Crippen molar-refractivity contribution >= 4 is 6.29 Å². The highest BCUT2D eigenvalue weighted by molar-refractivity contribution is 5.79. The van der Waals surface area contributed by atoms with Crippen LogP contribution in [0.4, 0.5) is 4.39 Å². The van der Waals surface area contributed by atoms with E-state index in [1.807, 2.05) is 0 Å². The average Bonchev–Trinajstić information content (AvgIpc) is 2.30. The molecule has 0 unspecified atom stereocenters. The molecule has 0 amide bonds. The van der Waals surface area contributed by atoms with E-state index in [1.165, 1.54) is 18.2 Å². The first-order valence-corrected chi connectivity index (χ1v) is 5.27. The zero-order valence-corrected chi connectivity index (χ0v) is 8.99. The van der Waals surface area contributed by atoms with Crippen molar-refractivity contribution in [1.29, 1.82) is 0 Å². The third-order valence-electron chi connectivity index (χ3n) is 2.17. The zero-order valence-electron chi connectivity index (χ0n) is 8.99. The summed E-state index contributed by atoms with van der Waals surface area (Å²) in [4.78, 5) is 10.6. The summed E-state index contributed by atoms with van der Waals surface area (Å²) < 4.78 is 18.5. The first-order chi connectivity index (χ1) is 7.79. The highest BCUT2D eigenvalue weighted by atomic mass is 19.1. The molecule has 0 spiro atoms. The standard InChI is InChI=1S/C12H15FO3/c13-11-6-4-5-10(9-15)12(11)16-8-3-1-2-7-14/h4-6,9,14H,1-3,7-8H2. The quantitative estimate of drug-likeness (QED) is 0.572. The van der Waals surface area contributed by atoms with Crippen molar-refractivity contribution in [3.05, 3.63) is 29.6 Å². The summed E-state index contributed by atoms with van der Waals surface area (Å²) in [5.41, 5.74) is 0.224. The number of halogens is 1. The third-order valence-corrected chi connectivity index (χ3v) is 2.17. The molecule has 1 rings (SSSR count). The number of hydrogen-bond donors (Lipinski definition) is 1. The van der Waals surface area contributed by atoms with Crippen LogP contribution in [0.5, 0.6) is 5.75 Å². The van der Waals surface area contributed by atoms with E-state index in [1.54, 1.807) is 0 Å². The Morgan fingerprint density at radius 2 is 2.12 bits per heavy atom. The number of ether oxygens (including phenoxy) is 1. The van der Waals surface area contributed by atoms with Crippen molar-refractivity contribution in [2.45, 2.75) is 19.3 Å². The second-order valence-corrected chi connectivity index (χ2v) is 3.41. The molecule has 0 aromatic heterocycles. The summed E-state index contributed by atoms with van der Waals surface area (Å²) in [6.07, 6.45) is 2.84. The molecule has 1 aromatic carbocycles. The molecule has 0 aliphatic heterocycles. The van der Waals surface area contributed by atoms with Crippen LogP contribution in [-0.2, 0) is 0 Å². The van der Waals surface area contributed by atoms with Gasteiger partial charge in [-0.25, -0.2) is 4.39 Å². The summed E-state index contributed by atoms with van der Waals surface area (Å²) in [7, 11) is 0. The maximum atomic E-state index is 13.3. The number of aliphatic hydroxyl groups is 1. The molecule has 0 heterocycles. The summed E-state index contributed by atoms with van der Waals surface area (Å²) in [6.45, 7) is 0.501. The molecule has 0 aliphatic rings. The smallest absolute Gasteiger partial charge is 0.165 e. The molecule has 0 bridgehead atoms. The summed E-state index contributed by atoms with van der Waals surface area (Å²) >= 11 is 0. The molecular weight excluding hydrogens is 211 g/mol. The third kappa shape index (κ3) is 3.62. The average molecular weight is 226 g/mol. The maximum absolute atomic E-state index is 13.3. The Morgan fingerprint density at radius 3 is 2.81 bits per heavy atom. The number of hydrogen-bond acceptors (Lipinski definition) is 3. The van der Waals surface area contributed by atoms with E-state index in [2.05, 4.69) is 0 Å². The first-order valence-electron chi connectivity index (χ1n) is 5.27. The van der Waals surface area contributed by atoms with Crippen LogP contribution in [0.1, 0.15) is 29.6 Å². The minimum atomic E-state index is -0.522. The molecule has 0 atom stereocenters. The van der Waals surface area contributed by atoms with Crippen molar-refractivity contribution in [3.8, 4) is 5.75 Å². The number of para-hydroxylation sites is 1. The molecule has 0 radical (unpaired) electrons. The number of carbonyl (C=O) groups excluding carboxylic acids is 1. The highest BCUT2D eigenvalue weighted by Crippen LogP contribution is 2.21. The largest absolute Gasteiger partial charge is 0.490 e. The monoisotopic (exact) mass is 226 g/mol. The number of aliphatic hydroxyl groups excluding tert-OH is 1. The summed E-state index contributed by atoms with van der Waals surface area (Å²) in [6, 6.07) is 4.24. The summed E-state index contributed by atoms with van der Waals surface area (Å²) in [5.74, 6) is -0.506. The minimum Gasteiger partial charge on any atom is -0.490 e. The lowest BCUT2D eigenvalue weighted by Gasteiger charge is -2.08. The minimum absolute atomic E-state index is 0.0153. The van der Waals surface area contributed by atoms with Crippen molar-refractivity contribution < 1.29 is 19.0 Å². The number of aldehydes is 1. The molecule has 1 N–H and O–H groups in total. The predicted molar refractivity (Wildman–Crippen MR) is 58.2 cm³/mol. The Hall–Kier alpha value is -1.42. The first kappa shape index (κ1) is 12.6. The molecule has 4 heteroatoms. The van der Waals surface area contributed by atoms with E-state index in [0.717, 1.165) is 12.8 Å². The molecule has 0 aliphatic carbocycles. The van der Waals surface area contributed by atoms with E-state index in [9.17, 15) is 9.18 Å². The number of carbonyl (C=O) groups is 1. The predicted octanol–water partition coefficient (Wildman–Crippen LogP) is 2.18. The zero-order chi connectivity index (χ0) is 11.8. The van der Waals surface area contributed by atoms with Crippen LogP contribution in [0.25, 0.3) is 0 Å². The van der Waals surface area contributed by atoms with Crippen LogP contribution < -0.4 is 4.74 Å². The fourth-order valence-electron chi connectivity index (χ4n) is 1.34. The molecule has 3 nitrogen and oxygen atoms in total. The molecule has 0 fully saturated rings. The Morgan fingerprint density at radius 1 is 1.31 bits per heavy atom. The van der Waals surface area contributed by atoms with E-state index < -0.39 is 5.82 Å². The van der Waals surface area contributed by atoms with Crippen molar-refractivity contribution in [3.63, 3.8) is 0 Å². The highest BCUT2D eigenvalue weighted by Gasteiger charge is 2.08. The van der Waals surface area contributed by atoms with Gasteiger partial charge in [0.2, 0.25) is 0 Å². The Kier molecular flexibility index (Phi) is 5.50. The van der Waals surface area contributed by atoms with Gasteiger partial charge in [-0.1, -0.05) is 6.07 Å². The van der Waals surface area contributed by atoms with Crippen LogP contribution in [0.15, 0.2) is 18.2 Å². The van der Waals surface area contributed by atoms with Gasteiger partial charge in [-0.2, -0.15) is 0 Å². The van der Waals surface area contributed by atoms with Gasteiger partial charge in [0.05, 0.1) is 12.2 Å². The lowest BCUT2D eigenvalue weighted by Crippen LogP contribution is -2.02. The Balaban J connectivity index is 2.49. The normalized spacial score (nSPS) is 10.1. The van der Waals surface area contributed by atoms with Gasteiger partial charge in [0.15, 0.2) is 17.9 Å². The van der Waals surface area contributed by atoms with Gasteiger partial charge < -0.3 is 9.84 Å². The van der Waals surface area contributed by atoms with Crippen LogP contribution >= 0.6 is 0 Å². The second-order valence-electron chi connectivity index (χ2n) is 3.41. The lowest BCUT2D eigenvalue weighted by molar-refractivity contribution is 0.111. The Bertz CT molecular complexity index is 339. The SMILES string of the molecule is O=Cc1cccc(F)c1OCCCCCO. The molecule has 1 aromatic rings. The second kappa shape index (κ2) is 6.95. The van der Waals surface area contributed by atoms with Crippen molar-refractivity contribution in [2.75, 3.05) is 13.2 Å². The molecule has 16 heavy (non-hydrogen) atoms. The van der Waals surface area contributed by atoms with Gasteiger partial charge in [0.25, 0.3) is 0 Å². The Labute approximate surface area is 93.9 Å². The van der Waals surface area contributed by atoms with Gasteiger partial charge in [0.1, 0.15) is 0 Å². The number of unbranched alkanes of at least 4 members (excludes halogenated alkanes) is 2. The van der Waals surface area contributed by atoms with Gasteiger partial charge in [0, 0.05) is 6.61 Å². The number of benzene rings is 1. The number of rotatable bonds is 7. The molecule has 0 saturated carbocycles. The molecule has 0 saturated heterocycles. The summed E-state index contributed by atoms with van der Waals surface area (Å²) in [5, 5.41) is 8.56. The van der Waals surface area contributed by atoms with Crippen LogP contribution in [-0.4, -0.2) is 24.6 Å². The van der Waals surface area contributed by atoms with Gasteiger partial charge in [-0.15, -0.1) is 0 Å². The molecular formula is C12H15FO3. The van der Waals surface area contributed by atoms with Gasteiger partial charge in [-0.3, -0.25) is 4.79 Å². The lowest BCUT2D eigenvalue weighted by atomic mass is 10.2. The van der Waals surface area contributed by atoms with Crippen LogP contribution in [0, 0.1) is 5.82 Å². The fraction of sp³-hybridized carbons (Fsp3) is 0.417. The van der Waals surface area contributed by atoms with Crippen LogP contribution in [0.2, 0.25) is 0 Å². The van der Waals surface area contributed by atoms with Gasteiger partial charge >= 0.3 is 0 Å². The topological polar surface area (TPSA) is 46.5 Å².